The Hall–Kier alpha value is -4.78. The number of rotatable bonds is 13. The highest BCUT2D eigenvalue weighted by atomic mass is 16.5. The van der Waals surface area contributed by atoms with Crippen LogP contribution in [0, 0.1) is 0 Å². The van der Waals surface area contributed by atoms with E-state index in [1.807, 2.05) is 97.1 Å². The number of hydrogen-bond donors (Lipinski definition) is 1. The highest BCUT2D eigenvalue weighted by molar-refractivity contribution is 5.88. The number of hydrogen-bond acceptors (Lipinski definition) is 5. The Bertz CT molecular complexity index is 1340. The molecule has 4 aromatic carbocycles. The zero-order chi connectivity index (χ0) is 28.2. The molecule has 0 saturated heterocycles. The predicted octanol–water partition coefficient (Wildman–Crippen LogP) is 5.04. The molecule has 0 fully saturated rings. The van der Waals surface area contributed by atoms with Crippen LogP contribution < -0.4 is 19.5 Å². The lowest BCUT2D eigenvalue weighted by Crippen LogP contribution is -2.51. The monoisotopic (exact) mass is 538 g/mol. The number of carbonyl (C=O) groups excluding carboxylic acids is 2. The van der Waals surface area contributed by atoms with Crippen LogP contribution in [0.5, 0.6) is 17.2 Å². The van der Waals surface area contributed by atoms with Crippen LogP contribution in [0.15, 0.2) is 109 Å². The molecule has 0 aromatic heterocycles. The number of ether oxygens (including phenoxy) is 3. The van der Waals surface area contributed by atoms with Crippen LogP contribution in [-0.2, 0) is 29.1 Å². The largest absolute Gasteiger partial charge is 0.497 e. The van der Waals surface area contributed by atoms with Crippen LogP contribution >= 0.6 is 0 Å². The third-order valence-electron chi connectivity index (χ3n) is 6.51. The Morgan fingerprint density at radius 1 is 0.675 bits per heavy atom. The molecule has 0 aliphatic rings. The van der Waals surface area contributed by atoms with E-state index in [1.165, 1.54) is 0 Å². The Morgan fingerprint density at radius 3 is 1.80 bits per heavy atom. The number of nitrogens with one attached hydrogen (secondary N) is 1. The number of amides is 2. The first-order chi connectivity index (χ1) is 19.6. The normalized spacial score (nSPS) is 11.2. The van der Waals surface area contributed by atoms with Gasteiger partial charge in [-0.3, -0.25) is 9.59 Å². The van der Waals surface area contributed by atoms with Crippen molar-refractivity contribution in [2.75, 3.05) is 20.8 Å². The van der Waals surface area contributed by atoms with Gasteiger partial charge in [-0.1, -0.05) is 72.8 Å². The summed E-state index contributed by atoms with van der Waals surface area (Å²) in [4.78, 5) is 29.1. The van der Waals surface area contributed by atoms with Gasteiger partial charge in [-0.25, -0.2) is 0 Å². The number of nitrogens with zero attached hydrogens (tertiary/aromatic N) is 1. The van der Waals surface area contributed by atoms with Gasteiger partial charge in [0.2, 0.25) is 5.91 Å². The molecule has 0 bridgehead atoms. The summed E-state index contributed by atoms with van der Waals surface area (Å²) in [7, 11) is 3.22. The molecule has 1 atom stereocenters. The summed E-state index contributed by atoms with van der Waals surface area (Å²) >= 11 is 0. The molecule has 0 radical (unpaired) electrons. The van der Waals surface area contributed by atoms with Gasteiger partial charge in [-0.2, -0.15) is 0 Å². The van der Waals surface area contributed by atoms with Crippen molar-refractivity contribution >= 4 is 11.8 Å². The van der Waals surface area contributed by atoms with Crippen molar-refractivity contribution in [3.8, 4) is 17.2 Å². The topological polar surface area (TPSA) is 77.1 Å². The minimum atomic E-state index is -0.769. The van der Waals surface area contributed by atoms with Crippen LogP contribution in [0.4, 0.5) is 0 Å². The molecule has 40 heavy (non-hydrogen) atoms. The summed E-state index contributed by atoms with van der Waals surface area (Å²) < 4.78 is 16.3. The van der Waals surface area contributed by atoms with Gasteiger partial charge in [0.25, 0.3) is 5.91 Å². The first-order valence-electron chi connectivity index (χ1n) is 13.1. The maximum absolute atomic E-state index is 13.8. The van der Waals surface area contributed by atoms with Gasteiger partial charge >= 0.3 is 0 Å². The second kappa shape index (κ2) is 14.4. The standard InChI is InChI=1S/C33H34N2O5/c1-38-28-17-13-26(14-18-28)22-34-33(37)31(21-25-9-5-3-6-10-25)35(23-27-15-19-29(39-2)20-16-27)32(36)24-40-30-11-7-4-8-12-30/h3-20,31H,21-24H2,1-2H3,(H,34,37)/t31-/m1/s1. The third-order valence-corrected chi connectivity index (χ3v) is 6.51. The lowest BCUT2D eigenvalue weighted by atomic mass is 10.0. The van der Waals surface area contributed by atoms with E-state index in [0.717, 1.165) is 22.4 Å². The number of carbonyl (C=O) groups is 2. The first-order valence-corrected chi connectivity index (χ1v) is 13.1. The van der Waals surface area contributed by atoms with Crippen molar-refractivity contribution in [3.05, 3.63) is 126 Å². The average molecular weight is 539 g/mol. The zero-order valence-corrected chi connectivity index (χ0v) is 22.8. The minimum Gasteiger partial charge on any atom is -0.497 e. The number of benzene rings is 4. The average Bonchev–Trinajstić information content (AvgIpc) is 3.02. The van der Waals surface area contributed by atoms with Gasteiger partial charge < -0.3 is 24.4 Å². The second-order valence-corrected chi connectivity index (χ2v) is 9.24. The van der Waals surface area contributed by atoms with Crippen LogP contribution in [-0.4, -0.2) is 43.6 Å². The van der Waals surface area contributed by atoms with Gasteiger partial charge in [0.1, 0.15) is 23.3 Å². The van der Waals surface area contributed by atoms with E-state index in [4.69, 9.17) is 14.2 Å². The second-order valence-electron chi connectivity index (χ2n) is 9.24. The molecule has 0 aliphatic carbocycles. The fourth-order valence-corrected chi connectivity index (χ4v) is 4.28. The van der Waals surface area contributed by atoms with E-state index in [2.05, 4.69) is 5.32 Å². The fraction of sp³-hybridized carbons (Fsp3) is 0.212. The molecule has 4 rings (SSSR count). The first kappa shape index (κ1) is 28.2. The highest BCUT2D eigenvalue weighted by Gasteiger charge is 2.30. The predicted molar refractivity (Wildman–Crippen MR) is 154 cm³/mol. The van der Waals surface area contributed by atoms with Gasteiger partial charge in [-0.05, 0) is 53.1 Å². The summed E-state index contributed by atoms with van der Waals surface area (Å²) in [6.45, 7) is 0.352. The van der Waals surface area contributed by atoms with Crippen molar-refractivity contribution in [1.82, 2.24) is 10.2 Å². The molecular formula is C33H34N2O5. The molecule has 0 saturated carbocycles. The Labute approximate surface area is 235 Å². The lowest BCUT2D eigenvalue weighted by molar-refractivity contribution is -0.142. The van der Waals surface area contributed by atoms with Gasteiger partial charge in [0, 0.05) is 19.5 Å². The van der Waals surface area contributed by atoms with Crippen LogP contribution in [0.1, 0.15) is 16.7 Å². The number of methoxy groups -OCH3 is 2. The van der Waals surface area contributed by atoms with Crippen LogP contribution in [0.2, 0.25) is 0 Å². The molecule has 7 heteroatoms. The maximum Gasteiger partial charge on any atom is 0.261 e. The zero-order valence-electron chi connectivity index (χ0n) is 22.8. The molecule has 0 aliphatic heterocycles. The van der Waals surface area contributed by atoms with Gasteiger partial charge in [-0.15, -0.1) is 0 Å². The minimum absolute atomic E-state index is 0.197. The maximum atomic E-state index is 13.8. The van der Waals surface area contributed by atoms with E-state index in [1.54, 1.807) is 31.3 Å². The molecule has 2 amide bonds. The fourth-order valence-electron chi connectivity index (χ4n) is 4.28. The quantitative estimate of drug-likeness (QED) is 0.258. The summed E-state index contributed by atoms with van der Waals surface area (Å²) in [6.07, 6.45) is 0.350. The Balaban J connectivity index is 1.59. The molecule has 0 unspecified atom stereocenters. The van der Waals surface area contributed by atoms with Crippen molar-refractivity contribution < 1.29 is 23.8 Å². The van der Waals surface area contributed by atoms with Crippen LogP contribution in [0.3, 0.4) is 0 Å². The van der Waals surface area contributed by atoms with Crippen LogP contribution in [0.25, 0.3) is 0 Å². The van der Waals surface area contributed by atoms with Crippen molar-refractivity contribution in [2.45, 2.75) is 25.6 Å². The van der Waals surface area contributed by atoms with Crippen molar-refractivity contribution in [1.29, 1.82) is 0 Å². The lowest BCUT2D eigenvalue weighted by Gasteiger charge is -2.31. The molecule has 206 valence electrons. The van der Waals surface area contributed by atoms with Crippen molar-refractivity contribution in [2.24, 2.45) is 0 Å². The molecule has 0 spiro atoms. The summed E-state index contributed by atoms with van der Waals surface area (Å²) in [5.41, 5.74) is 2.74. The molecule has 1 N–H and O–H groups in total. The smallest absolute Gasteiger partial charge is 0.261 e. The summed E-state index contributed by atoms with van der Waals surface area (Å²) in [5, 5.41) is 3.04. The van der Waals surface area contributed by atoms with E-state index >= 15 is 0 Å². The van der Waals surface area contributed by atoms with Crippen molar-refractivity contribution in [3.63, 3.8) is 0 Å². The third kappa shape index (κ3) is 8.11. The van der Waals surface area contributed by atoms with E-state index in [9.17, 15) is 9.59 Å². The Kier molecular flexibility index (Phi) is 10.2. The van der Waals surface area contributed by atoms with Gasteiger partial charge in [0.05, 0.1) is 14.2 Å². The van der Waals surface area contributed by atoms with Gasteiger partial charge in [0.15, 0.2) is 6.61 Å². The molecular weight excluding hydrogens is 504 g/mol. The molecule has 4 aromatic rings. The Morgan fingerprint density at radius 2 is 1.23 bits per heavy atom. The molecule has 0 heterocycles. The van der Waals surface area contributed by atoms with E-state index in [0.29, 0.717) is 24.5 Å². The van der Waals surface area contributed by atoms with E-state index in [-0.39, 0.29) is 25.0 Å². The SMILES string of the molecule is COc1ccc(CNC(=O)[C@@H](Cc2ccccc2)N(Cc2ccc(OC)cc2)C(=O)COc2ccccc2)cc1. The van der Waals surface area contributed by atoms with E-state index < -0.39 is 6.04 Å². The number of para-hydroxylation sites is 1. The highest BCUT2D eigenvalue weighted by Crippen LogP contribution is 2.19. The summed E-state index contributed by atoms with van der Waals surface area (Å²) in [6, 6.07) is 33.1. The molecule has 7 nitrogen and oxygen atoms in total. The summed E-state index contributed by atoms with van der Waals surface area (Å²) in [5.74, 6) is 1.50.